The number of aliphatic hydroxyl groups is 1. The number of halogens is 1. The zero-order chi connectivity index (χ0) is 9.84. The minimum Gasteiger partial charge on any atom is -0.496 e. The summed E-state index contributed by atoms with van der Waals surface area (Å²) in [5, 5.41) is 17.8. The third kappa shape index (κ3) is 2.11. The number of hydrogen-bond donors (Lipinski definition) is 1. The number of aliphatic hydroxyl groups excluding tert-OH is 1. The first-order valence-corrected chi connectivity index (χ1v) is 4.68. The maximum absolute atomic E-state index is 9.02. The number of rotatable bonds is 2. The fraction of sp³-hybridized carbons (Fsp3) is 0.222. The summed E-state index contributed by atoms with van der Waals surface area (Å²) in [6.07, 6.45) is 0. The fourth-order valence-electron chi connectivity index (χ4n) is 1.06. The zero-order valence-electron chi connectivity index (χ0n) is 7.04. The highest BCUT2D eigenvalue weighted by atomic mass is 127. The van der Waals surface area contributed by atoms with Crippen LogP contribution in [0.25, 0.3) is 0 Å². The van der Waals surface area contributed by atoms with E-state index in [1.807, 2.05) is 6.07 Å². The molecule has 0 amide bonds. The van der Waals surface area contributed by atoms with Gasteiger partial charge in [0.15, 0.2) is 0 Å². The molecule has 0 fully saturated rings. The summed E-state index contributed by atoms with van der Waals surface area (Å²) in [7, 11) is 1.52. The van der Waals surface area contributed by atoms with E-state index in [0.29, 0.717) is 16.9 Å². The van der Waals surface area contributed by atoms with Gasteiger partial charge in [-0.15, -0.1) is 0 Å². The molecule has 0 aliphatic carbocycles. The first-order valence-electron chi connectivity index (χ1n) is 3.60. The molecule has 0 unspecified atom stereocenters. The van der Waals surface area contributed by atoms with Crippen LogP contribution >= 0.6 is 22.6 Å². The summed E-state index contributed by atoms with van der Waals surface area (Å²) in [5.74, 6) is 0.561. The van der Waals surface area contributed by atoms with E-state index in [2.05, 4.69) is 22.6 Å². The molecule has 1 aromatic carbocycles. The number of methoxy groups -OCH3 is 1. The SMILES string of the molecule is COc1cc(I)cc(C#N)c1CO. The average Bonchev–Trinajstić information content (AvgIpc) is 2.16. The molecule has 0 aromatic heterocycles. The van der Waals surface area contributed by atoms with Gasteiger partial charge in [0.2, 0.25) is 0 Å². The molecule has 3 nitrogen and oxygen atoms in total. The molecule has 0 spiro atoms. The Morgan fingerprint density at radius 3 is 2.77 bits per heavy atom. The van der Waals surface area contributed by atoms with Gasteiger partial charge < -0.3 is 9.84 Å². The highest BCUT2D eigenvalue weighted by Crippen LogP contribution is 2.25. The van der Waals surface area contributed by atoms with Gasteiger partial charge in [-0.1, -0.05) is 0 Å². The van der Waals surface area contributed by atoms with E-state index < -0.39 is 0 Å². The van der Waals surface area contributed by atoms with Crippen molar-refractivity contribution in [2.45, 2.75) is 6.61 Å². The lowest BCUT2D eigenvalue weighted by molar-refractivity contribution is 0.273. The van der Waals surface area contributed by atoms with Crippen LogP contribution in [0.1, 0.15) is 11.1 Å². The lowest BCUT2D eigenvalue weighted by atomic mass is 10.1. The summed E-state index contributed by atoms with van der Waals surface area (Å²) in [4.78, 5) is 0. The first kappa shape index (κ1) is 10.3. The molecule has 0 aliphatic heterocycles. The molecule has 0 saturated heterocycles. The van der Waals surface area contributed by atoms with Gasteiger partial charge in [0, 0.05) is 9.13 Å². The van der Waals surface area contributed by atoms with E-state index in [1.165, 1.54) is 7.11 Å². The fourth-order valence-corrected chi connectivity index (χ4v) is 1.65. The van der Waals surface area contributed by atoms with Crippen molar-refractivity contribution in [3.05, 3.63) is 26.8 Å². The molecule has 4 heteroatoms. The molecule has 0 atom stereocenters. The van der Waals surface area contributed by atoms with Crippen molar-refractivity contribution < 1.29 is 9.84 Å². The van der Waals surface area contributed by atoms with Crippen molar-refractivity contribution in [1.29, 1.82) is 5.26 Å². The van der Waals surface area contributed by atoms with Gasteiger partial charge in [0.1, 0.15) is 5.75 Å². The Kier molecular flexibility index (Phi) is 3.51. The highest BCUT2D eigenvalue weighted by molar-refractivity contribution is 14.1. The number of ether oxygens (including phenoxy) is 1. The lowest BCUT2D eigenvalue weighted by Crippen LogP contribution is -1.96. The predicted molar refractivity (Wildman–Crippen MR) is 56.3 cm³/mol. The van der Waals surface area contributed by atoms with Crippen LogP contribution in [-0.4, -0.2) is 12.2 Å². The van der Waals surface area contributed by atoms with E-state index >= 15 is 0 Å². The third-order valence-electron chi connectivity index (χ3n) is 1.67. The van der Waals surface area contributed by atoms with E-state index in [4.69, 9.17) is 15.1 Å². The molecule has 0 aliphatic rings. The number of hydrogen-bond acceptors (Lipinski definition) is 3. The van der Waals surface area contributed by atoms with Crippen LogP contribution in [0.4, 0.5) is 0 Å². The van der Waals surface area contributed by atoms with Crippen LogP contribution in [0.15, 0.2) is 12.1 Å². The van der Waals surface area contributed by atoms with Crippen LogP contribution in [0.2, 0.25) is 0 Å². The predicted octanol–water partition coefficient (Wildman–Crippen LogP) is 1.66. The van der Waals surface area contributed by atoms with Gasteiger partial charge >= 0.3 is 0 Å². The Hall–Kier alpha value is -0.800. The summed E-state index contributed by atoms with van der Waals surface area (Å²) in [5.41, 5.74) is 1.01. The normalized spacial score (nSPS) is 9.38. The van der Waals surface area contributed by atoms with Gasteiger partial charge in [-0.2, -0.15) is 5.26 Å². The molecular formula is C9H8INO2. The van der Waals surface area contributed by atoms with Crippen LogP contribution < -0.4 is 4.74 Å². The number of benzene rings is 1. The Morgan fingerprint density at radius 2 is 2.31 bits per heavy atom. The minimum absolute atomic E-state index is 0.178. The molecule has 68 valence electrons. The Labute approximate surface area is 90.1 Å². The molecule has 0 saturated carbocycles. The summed E-state index contributed by atoms with van der Waals surface area (Å²) < 4.78 is 5.96. The highest BCUT2D eigenvalue weighted by Gasteiger charge is 2.09. The minimum atomic E-state index is -0.178. The van der Waals surface area contributed by atoms with E-state index in [1.54, 1.807) is 12.1 Å². The van der Waals surface area contributed by atoms with Crippen molar-refractivity contribution in [2.24, 2.45) is 0 Å². The van der Waals surface area contributed by atoms with Crippen molar-refractivity contribution in [2.75, 3.05) is 7.11 Å². The van der Waals surface area contributed by atoms with Gasteiger partial charge in [0.25, 0.3) is 0 Å². The molecule has 1 rings (SSSR count). The van der Waals surface area contributed by atoms with Crippen molar-refractivity contribution in [1.82, 2.24) is 0 Å². The summed E-state index contributed by atoms with van der Waals surface area (Å²) in [6, 6.07) is 5.52. The van der Waals surface area contributed by atoms with Crippen LogP contribution in [0.3, 0.4) is 0 Å². The average molecular weight is 289 g/mol. The number of nitrogens with zero attached hydrogens (tertiary/aromatic N) is 1. The molecule has 1 N–H and O–H groups in total. The zero-order valence-corrected chi connectivity index (χ0v) is 9.20. The second-order valence-corrected chi connectivity index (χ2v) is 3.65. The van der Waals surface area contributed by atoms with Crippen molar-refractivity contribution in [3.8, 4) is 11.8 Å². The van der Waals surface area contributed by atoms with Gasteiger partial charge in [0.05, 0.1) is 25.3 Å². The van der Waals surface area contributed by atoms with Crippen LogP contribution in [0, 0.1) is 14.9 Å². The van der Waals surface area contributed by atoms with Crippen molar-refractivity contribution >= 4 is 22.6 Å². The molecule has 0 heterocycles. The van der Waals surface area contributed by atoms with Crippen molar-refractivity contribution in [3.63, 3.8) is 0 Å². The quantitative estimate of drug-likeness (QED) is 0.842. The molecular weight excluding hydrogens is 281 g/mol. The second-order valence-electron chi connectivity index (χ2n) is 2.40. The van der Waals surface area contributed by atoms with Gasteiger partial charge in [-0.05, 0) is 34.7 Å². The summed E-state index contributed by atoms with van der Waals surface area (Å²) >= 11 is 2.10. The van der Waals surface area contributed by atoms with E-state index in [-0.39, 0.29) is 6.61 Å². The molecule has 13 heavy (non-hydrogen) atoms. The van der Waals surface area contributed by atoms with Gasteiger partial charge in [-0.25, -0.2) is 0 Å². The van der Waals surface area contributed by atoms with Crippen LogP contribution in [0.5, 0.6) is 5.75 Å². The summed E-state index contributed by atoms with van der Waals surface area (Å²) in [6.45, 7) is -0.178. The Morgan fingerprint density at radius 1 is 1.62 bits per heavy atom. The topological polar surface area (TPSA) is 53.2 Å². The van der Waals surface area contributed by atoms with E-state index in [9.17, 15) is 0 Å². The molecule has 1 aromatic rings. The molecule has 0 bridgehead atoms. The third-order valence-corrected chi connectivity index (χ3v) is 2.30. The van der Waals surface area contributed by atoms with Crippen LogP contribution in [-0.2, 0) is 6.61 Å². The maximum Gasteiger partial charge on any atom is 0.126 e. The lowest BCUT2D eigenvalue weighted by Gasteiger charge is -2.08. The maximum atomic E-state index is 9.02. The Bertz CT molecular complexity index is 357. The largest absolute Gasteiger partial charge is 0.496 e. The Balaban J connectivity index is 3.36. The molecule has 0 radical (unpaired) electrons. The first-order chi connectivity index (χ1) is 6.22. The van der Waals surface area contributed by atoms with Gasteiger partial charge in [-0.3, -0.25) is 0 Å². The van der Waals surface area contributed by atoms with E-state index in [0.717, 1.165) is 3.57 Å². The smallest absolute Gasteiger partial charge is 0.126 e. The monoisotopic (exact) mass is 289 g/mol. The standard InChI is InChI=1S/C9H8INO2/c1-13-9-3-7(10)2-6(4-11)8(9)5-12/h2-3,12H,5H2,1H3. The second kappa shape index (κ2) is 4.44. The number of nitriles is 1.